The molecule has 90 valence electrons. The summed E-state index contributed by atoms with van der Waals surface area (Å²) in [4.78, 5) is 4.44. The largest absolute Gasteiger partial charge is 0.253 e. The normalized spacial score (nSPS) is 10.1. The minimum atomic E-state index is 0.356. The molecule has 0 amide bonds. The summed E-state index contributed by atoms with van der Waals surface area (Å²) in [7, 11) is 0. The van der Waals surface area contributed by atoms with E-state index in [2.05, 4.69) is 11.1 Å². The summed E-state index contributed by atoms with van der Waals surface area (Å²) < 4.78 is 0. The second kappa shape index (κ2) is 5.39. The van der Waals surface area contributed by atoms with Crippen LogP contribution in [0.15, 0.2) is 30.3 Å². The van der Waals surface area contributed by atoms with E-state index in [1.807, 2.05) is 31.2 Å². The predicted octanol–water partition coefficient (Wildman–Crippen LogP) is 4.43. The summed E-state index contributed by atoms with van der Waals surface area (Å²) in [6.07, 6.45) is 0.356. The second-order valence-corrected chi connectivity index (χ2v) is 4.72. The van der Waals surface area contributed by atoms with Gasteiger partial charge in [-0.2, -0.15) is 5.26 Å². The van der Waals surface area contributed by atoms with Crippen molar-refractivity contribution in [3.05, 3.63) is 51.6 Å². The molecule has 0 aliphatic rings. The molecule has 0 saturated heterocycles. The van der Waals surface area contributed by atoms with Crippen LogP contribution >= 0.6 is 23.2 Å². The van der Waals surface area contributed by atoms with Crippen molar-refractivity contribution >= 4 is 23.2 Å². The summed E-state index contributed by atoms with van der Waals surface area (Å²) in [6.45, 7) is 1.89. The Labute approximate surface area is 116 Å². The minimum absolute atomic E-state index is 0.356. The molecule has 2 nitrogen and oxygen atoms in total. The van der Waals surface area contributed by atoms with Crippen molar-refractivity contribution in [3.63, 3.8) is 0 Å². The topological polar surface area (TPSA) is 36.7 Å². The fraction of sp³-hybridized carbons (Fsp3) is 0.143. The van der Waals surface area contributed by atoms with Crippen LogP contribution in [0.3, 0.4) is 0 Å². The number of pyridine rings is 1. The maximum atomic E-state index is 8.75. The van der Waals surface area contributed by atoms with Gasteiger partial charge in [-0.15, -0.1) is 0 Å². The van der Waals surface area contributed by atoms with E-state index in [9.17, 15) is 0 Å². The van der Waals surface area contributed by atoms with E-state index < -0.39 is 0 Å². The molecule has 18 heavy (non-hydrogen) atoms. The first-order chi connectivity index (χ1) is 8.61. The van der Waals surface area contributed by atoms with Gasteiger partial charge in [-0.05, 0) is 30.7 Å². The number of hydrogen-bond donors (Lipinski definition) is 0. The third kappa shape index (κ3) is 2.64. The Morgan fingerprint density at radius 1 is 1.28 bits per heavy atom. The van der Waals surface area contributed by atoms with Crippen LogP contribution in [-0.2, 0) is 6.42 Å². The Morgan fingerprint density at radius 3 is 2.78 bits per heavy atom. The van der Waals surface area contributed by atoms with Crippen molar-refractivity contribution < 1.29 is 0 Å². The van der Waals surface area contributed by atoms with Crippen molar-refractivity contribution in [2.24, 2.45) is 0 Å². The Kier molecular flexibility index (Phi) is 3.86. The highest BCUT2D eigenvalue weighted by atomic mass is 35.5. The average molecular weight is 277 g/mol. The lowest BCUT2D eigenvalue weighted by atomic mass is 10.1. The van der Waals surface area contributed by atoms with E-state index in [1.165, 1.54) is 0 Å². The molecule has 0 radical (unpaired) electrons. The van der Waals surface area contributed by atoms with Gasteiger partial charge in [0.05, 0.1) is 28.2 Å². The molecule has 0 bridgehead atoms. The molecule has 1 aromatic carbocycles. The summed E-state index contributed by atoms with van der Waals surface area (Å²) >= 11 is 12.2. The van der Waals surface area contributed by atoms with Gasteiger partial charge in [0, 0.05) is 11.3 Å². The Balaban J connectivity index is 2.57. The van der Waals surface area contributed by atoms with Crippen molar-refractivity contribution in [3.8, 4) is 17.3 Å². The smallest absolute Gasteiger partial charge is 0.0723 e. The highest BCUT2D eigenvalue weighted by Crippen LogP contribution is 2.32. The van der Waals surface area contributed by atoms with Crippen LogP contribution in [0.25, 0.3) is 11.3 Å². The van der Waals surface area contributed by atoms with Gasteiger partial charge in [-0.25, -0.2) is 0 Å². The van der Waals surface area contributed by atoms with Crippen LogP contribution in [0.2, 0.25) is 10.0 Å². The van der Waals surface area contributed by atoms with Crippen LogP contribution in [0, 0.1) is 18.3 Å². The van der Waals surface area contributed by atoms with Crippen LogP contribution in [0.1, 0.15) is 11.3 Å². The van der Waals surface area contributed by atoms with Crippen LogP contribution in [0.4, 0.5) is 0 Å². The molecule has 0 saturated carbocycles. The molecule has 2 rings (SSSR count). The van der Waals surface area contributed by atoms with E-state index in [1.54, 1.807) is 6.07 Å². The fourth-order valence-electron chi connectivity index (χ4n) is 1.77. The highest BCUT2D eigenvalue weighted by molar-refractivity contribution is 6.43. The quantitative estimate of drug-likeness (QED) is 0.814. The molecule has 0 atom stereocenters. The number of nitrogens with zero attached hydrogens (tertiary/aromatic N) is 2. The molecule has 0 aliphatic heterocycles. The van der Waals surface area contributed by atoms with Crippen molar-refractivity contribution in [2.45, 2.75) is 13.3 Å². The van der Waals surface area contributed by atoms with E-state index >= 15 is 0 Å². The molecule has 1 aromatic heterocycles. The zero-order chi connectivity index (χ0) is 13.1. The summed E-state index contributed by atoms with van der Waals surface area (Å²) in [6, 6.07) is 11.3. The Hall–Kier alpha value is -1.56. The minimum Gasteiger partial charge on any atom is -0.253 e. The second-order valence-electron chi connectivity index (χ2n) is 3.94. The zero-order valence-corrected chi connectivity index (χ0v) is 11.3. The third-order valence-electron chi connectivity index (χ3n) is 2.52. The molecule has 0 fully saturated rings. The number of hydrogen-bond acceptors (Lipinski definition) is 2. The van der Waals surface area contributed by atoms with Gasteiger partial charge in [0.2, 0.25) is 0 Å². The zero-order valence-electron chi connectivity index (χ0n) is 9.74. The number of aromatic nitrogens is 1. The molecule has 0 unspecified atom stereocenters. The van der Waals surface area contributed by atoms with Gasteiger partial charge in [0.15, 0.2) is 0 Å². The van der Waals surface area contributed by atoms with E-state index in [0.717, 1.165) is 22.5 Å². The lowest BCUT2D eigenvalue weighted by molar-refractivity contribution is 1.15. The van der Waals surface area contributed by atoms with Gasteiger partial charge >= 0.3 is 0 Å². The fourth-order valence-corrected chi connectivity index (χ4v) is 2.17. The molecular formula is C14H10Cl2N2. The van der Waals surface area contributed by atoms with E-state index in [4.69, 9.17) is 28.5 Å². The number of nitriles is 1. The summed E-state index contributed by atoms with van der Waals surface area (Å²) in [5.74, 6) is 0. The summed E-state index contributed by atoms with van der Waals surface area (Å²) in [5, 5.41) is 9.74. The SMILES string of the molecule is Cc1cc(CC#N)cc(-c2cccc(Cl)c2Cl)n1. The molecule has 1 heterocycles. The highest BCUT2D eigenvalue weighted by Gasteiger charge is 2.09. The number of benzene rings is 1. The maximum Gasteiger partial charge on any atom is 0.0723 e. The number of aryl methyl sites for hydroxylation is 1. The van der Waals surface area contributed by atoms with Gasteiger partial charge < -0.3 is 0 Å². The van der Waals surface area contributed by atoms with Crippen LogP contribution in [-0.4, -0.2) is 4.98 Å². The van der Waals surface area contributed by atoms with Crippen molar-refractivity contribution in [1.82, 2.24) is 4.98 Å². The van der Waals surface area contributed by atoms with E-state index in [-0.39, 0.29) is 0 Å². The molecule has 0 N–H and O–H groups in total. The first-order valence-electron chi connectivity index (χ1n) is 5.40. The monoisotopic (exact) mass is 276 g/mol. The van der Waals surface area contributed by atoms with Crippen LogP contribution in [0.5, 0.6) is 0 Å². The molecular weight excluding hydrogens is 267 g/mol. The number of rotatable bonds is 2. The first-order valence-corrected chi connectivity index (χ1v) is 6.16. The lowest BCUT2D eigenvalue weighted by Crippen LogP contribution is -1.92. The molecule has 2 aromatic rings. The van der Waals surface area contributed by atoms with E-state index in [0.29, 0.717) is 16.5 Å². The lowest BCUT2D eigenvalue weighted by Gasteiger charge is -2.07. The van der Waals surface area contributed by atoms with Gasteiger partial charge in [-0.1, -0.05) is 35.3 Å². The molecule has 4 heteroatoms. The third-order valence-corrected chi connectivity index (χ3v) is 3.34. The van der Waals surface area contributed by atoms with Gasteiger partial charge in [-0.3, -0.25) is 4.98 Å². The van der Waals surface area contributed by atoms with Gasteiger partial charge in [0.25, 0.3) is 0 Å². The number of halogens is 2. The standard InChI is InChI=1S/C14H10Cl2N2/c1-9-7-10(5-6-17)8-13(18-9)11-3-2-4-12(15)14(11)16/h2-4,7-8H,5H2,1H3. The first kappa shape index (κ1) is 12.9. The van der Waals surface area contributed by atoms with Crippen molar-refractivity contribution in [2.75, 3.05) is 0 Å². The Morgan fingerprint density at radius 2 is 2.06 bits per heavy atom. The summed E-state index contributed by atoms with van der Waals surface area (Å²) in [5.41, 5.74) is 3.31. The predicted molar refractivity (Wildman–Crippen MR) is 73.7 cm³/mol. The molecule has 0 aliphatic carbocycles. The average Bonchev–Trinajstić information content (AvgIpc) is 2.32. The Bertz CT molecular complexity index is 630. The molecule has 0 spiro atoms. The maximum absolute atomic E-state index is 8.75. The van der Waals surface area contributed by atoms with Crippen LogP contribution < -0.4 is 0 Å². The van der Waals surface area contributed by atoms with Crippen molar-refractivity contribution in [1.29, 1.82) is 5.26 Å². The van der Waals surface area contributed by atoms with Gasteiger partial charge in [0.1, 0.15) is 0 Å².